The van der Waals surface area contributed by atoms with Gasteiger partial charge in [0.25, 0.3) is 0 Å². The Bertz CT molecular complexity index is 882. The van der Waals surface area contributed by atoms with Crippen LogP contribution in [-0.2, 0) is 17.5 Å². The fourth-order valence-electron chi connectivity index (χ4n) is 4.43. The number of carbonyl (C=O) groups is 1. The van der Waals surface area contributed by atoms with Crippen molar-refractivity contribution < 1.29 is 18.0 Å². The van der Waals surface area contributed by atoms with E-state index in [1.807, 2.05) is 28.0 Å². The lowest BCUT2D eigenvalue weighted by Crippen LogP contribution is -2.50. The molecule has 1 aromatic heterocycles. The van der Waals surface area contributed by atoms with Gasteiger partial charge in [-0.3, -0.25) is 4.79 Å². The van der Waals surface area contributed by atoms with Crippen LogP contribution < -0.4 is 10.2 Å². The quantitative estimate of drug-likeness (QED) is 0.783. The number of amides is 1. The average Bonchev–Trinajstić information content (AvgIpc) is 3.27. The van der Waals surface area contributed by atoms with Crippen molar-refractivity contribution in [3.63, 3.8) is 0 Å². The summed E-state index contributed by atoms with van der Waals surface area (Å²) >= 11 is 0. The number of halogens is 3. The molecule has 2 atom stereocenters. The first kappa shape index (κ1) is 21.6. The topological polar surface area (TPSA) is 48.5 Å². The van der Waals surface area contributed by atoms with E-state index in [1.165, 1.54) is 11.8 Å². The molecule has 1 N–H and O–H groups in total. The van der Waals surface area contributed by atoms with E-state index in [0.29, 0.717) is 38.0 Å². The maximum atomic E-state index is 13.0. The molecule has 2 heterocycles. The number of rotatable bonds is 5. The van der Waals surface area contributed by atoms with Crippen molar-refractivity contribution in [2.45, 2.75) is 38.0 Å². The molecule has 2 fully saturated rings. The monoisotopic (exact) mass is 432 g/mol. The number of carbonyl (C=O) groups excluding carboxylic acids is 1. The summed E-state index contributed by atoms with van der Waals surface area (Å²) < 4.78 is 38.9. The van der Waals surface area contributed by atoms with Crippen LogP contribution in [0.3, 0.4) is 0 Å². The van der Waals surface area contributed by atoms with Crippen molar-refractivity contribution >= 4 is 11.7 Å². The number of benzene rings is 1. The number of anilines is 1. The summed E-state index contributed by atoms with van der Waals surface area (Å²) in [6.45, 7) is 2.80. The first-order valence-electron chi connectivity index (χ1n) is 10.7. The highest BCUT2D eigenvalue weighted by molar-refractivity contribution is 5.79. The molecule has 0 spiro atoms. The van der Waals surface area contributed by atoms with Crippen LogP contribution in [-0.4, -0.2) is 48.0 Å². The van der Waals surface area contributed by atoms with Gasteiger partial charge in [0.2, 0.25) is 5.91 Å². The van der Waals surface area contributed by atoms with Gasteiger partial charge in [-0.2, -0.15) is 13.2 Å². The van der Waals surface area contributed by atoms with Crippen LogP contribution in [0.1, 0.15) is 30.4 Å². The smallest absolute Gasteiger partial charge is 0.353 e. The Morgan fingerprint density at radius 3 is 2.52 bits per heavy atom. The number of hydrogen-bond acceptors (Lipinski definition) is 4. The molecule has 2 aromatic rings. The molecule has 2 aliphatic rings. The van der Waals surface area contributed by atoms with Crippen molar-refractivity contribution in [3.8, 4) is 0 Å². The second-order valence-electron chi connectivity index (χ2n) is 8.29. The number of piperazine rings is 1. The second kappa shape index (κ2) is 9.26. The molecule has 1 amide bonds. The normalized spacial score (nSPS) is 22.0. The van der Waals surface area contributed by atoms with Gasteiger partial charge in [-0.1, -0.05) is 30.3 Å². The lowest BCUT2D eigenvalue weighted by molar-refractivity contribution is -0.137. The van der Waals surface area contributed by atoms with Gasteiger partial charge in [-0.05, 0) is 37.0 Å². The summed E-state index contributed by atoms with van der Waals surface area (Å²) in [6, 6.07) is 12.6. The number of pyridine rings is 1. The van der Waals surface area contributed by atoms with E-state index in [0.717, 1.165) is 37.9 Å². The Morgan fingerprint density at radius 1 is 1.06 bits per heavy atom. The van der Waals surface area contributed by atoms with Crippen molar-refractivity contribution in [1.82, 2.24) is 15.2 Å². The summed E-state index contributed by atoms with van der Waals surface area (Å²) in [4.78, 5) is 20.7. The van der Waals surface area contributed by atoms with Gasteiger partial charge in [0.15, 0.2) is 0 Å². The number of nitrogens with one attached hydrogen (secondary N) is 1. The lowest BCUT2D eigenvalue weighted by Gasteiger charge is -2.36. The molecule has 166 valence electrons. The molecular formula is C23H27F3N4O. The second-order valence-corrected chi connectivity index (χ2v) is 8.29. The van der Waals surface area contributed by atoms with Gasteiger partial charge in [0, 0.05) is 50.9 Å². The van der Waals surface area contributed by atoms with Crippen LogP contribution in [0.2, 0.25) is 0 Å². The van der Waals surface area contributed by atoms with E-state index in [9.17, 15) is 18.0 Å². The van der Waals surface area contributed by atoms with Crippen molar-refractivity contribution in [1.29, 1.82) is 0 Å². The van der Waals surface area contributed by atoms with Crippen LogP contribution in [0.15, 0.2) is 48.7 Å². The minimum absolute atomic E-state index is 0.0199. The maximum absolute atomic E-state index is 13.0. The van der Waals surface area contributed by atoms with E-state index >= 15 is 0 Å². The zero-order valence-corrected chi connectivity index (χ0v) is 17.3. The van der Waals surface area contributed by atoms with Gasteiger partial charge in [-0.15, -0.1) is 0 Å². The highest BCUT2D eigenvalue weighted by atomic mass is 19.4. The Hall–Kier alpha value is -2.61. The van der Waals surface area contributed by atoms with Crippen LogP contribution in [0.25, 0.3) is 0 Å². The highest BCUT2D eigenvalue weighted by Gasteiger charge is 2.34. The van der Waals surface area contributed by atoms with Crippen molar-refractivity contribution in [3.05, 3.63) is 59.8 Å². The SMILES string of the molecule is O=C(C1CCC(NCc2ccccc2)C1)N1CCN(c2cc(C(F)(F)F)ccn2)CC1. The molecule has 1 saturated carbocycles. The van der Waals surface area contributed by atoms with Crippen LogP contribution in [0, 0.1) is 5.92 Å². The van der Waals surface area contributed by atoms with Gasteiger partial charge in [-0.25, -0.2) is 4.98 Å². The third-order valence-corrected chi connectivity index (χ3v) is 6.21. The van der Waals surface area contributed by atoms with Gasteiger partial charge >= 0.3 is 6.18 Å². The van der Waals surface area contributed by atoms with E-state index in [2.05, 4.69) is 22.4 Å². The zero-order valence-electron chi connectivity index (χ0n) is 17.3. The molecular weight excluding hydrogens is 405 g/mol. The maximum Gasteiger partial charge on any atom is 0.416 e. The third kappa shape index (κ3) is 5.36. The summed E-state index contributed by atoms with van der Waals surface area (Å²) in [5, 5.41) is 3.55. The highest BCUT2D eigenvalue weighted by Crippen LogP contribution is 2.31. The number of aromatic nitrogens is 1. The Kier molecular flexibility index (Phi) is 6.46. The van der Waals surface area contributed by atoms with Crippen LogP contribution in [0.5, 0.6) is 0 Å². The molecule has 1 saturated heterocycles. The van der Waals surface area contributed by atoms with E-state index < -0.39 is 11.7 Å². The fourth-order valence-corrected chi connectivity index (χ4v) is 4.43. The number of nitrogens with zero attached hydrogens (tertiary/aromatic N) is 3. The minimum Gasteiger partial charge on any atom is -0.353 e. The predicted octanol–water partition coefficient (Wildman–Crippen LogP) is 3.71. The molecule has 5 nitrogen and oxygen atoms in total. The van der Waals surface area contributed by atoms with E-state index in [4.69, 9.17) is 0 Å². The molecule has 1 aliphatic carbocycles. The largest absolute Gasteiger partial charge is 0.416 e. The summed E-state index contributed by atoms with van der Waals surface area (Å²) in [5.74, 6) is 0.500. The Balaban J connectivity index is 1.26. The molecule has 4 rings (SSSR count). The average molecular weight is 432 g/mol. The summed E-state index contributed by atoms with van der Waals surface area (Å²) in [5.41, 5.74) is 0.535. The summed E-state index contributed by atoms with van der Waals surface area (Å²) in [7, 11) is 0. The Labute approximate surface area is 180 Å². The molecule has 1 aliphatic heterocycles. The molecule has 1 aromatic carbocycles. The molecule has 8 heteroatoms. The zero-order chi connectivity index (χ0) is 21.8. The molecule has 31 heavy (non-hydrogen) atoms. The first-order chi connectivity index (χ1) is 14.9. The van der Waals surface area contributed by atoms with Crippen LogP contribution in [0.4, 0.5) is 19.0 Å². The predicted molar refractivity (Wildman–Crippen MR) is 112 cm³/mol. The first-order valence-corrected chi connectivity index (χ1v) is 10.7. The van der Waals surface area contributed by atoms with Crippen LogP contribution >= 0.6 is 0 Å². The van der Waals surface area contributed by atoms with Crippen molar-refractivity contribution in [2.24, 2.45) is 5.92 Å². The summed E-state index contributed by atoms with van der Waals surface area (Å²) in [6.07, 6.45) is -0.501. The van der Waals surface area contributed by atoms with Gasteiger partial charge in [0.05, 0.1) is 5.56 Å². The lowest BCUT2D eigenvalue weighted by atomic mass is 10.1. The molecule has 2 unspecified atom stereocenters. The van der Waals surface area contributed by atoms with Gasteiger partial charge < -0.3 is 15.1 Å². The molecule has 0 radical (unpaired) electrons. The number of alkyl halides is 3. The van der Waals surface area contributed by atoms with E-state index in [-0.39, 0.29) is 11.8 Å². The minimum atomic E-state index is -4.39. The standard InChI is InChI=1S/C23H27F3N4O/c24-23(25,26)19-8-9-27-21(15-19)29-10-12-30(13-11-29)22(31)18-6-7-20(14-18)28-16-17-4-2-1-3-5-17/h1-5,8-9,15,18,20,28H,6-7,10-14,16H2. The number of hydrogen-bond donors (Lipinski definition) is 1. The fraction of sp³-hybridized carbons (Fsp3) is 0.478. The Morgan fingerprint density at radius 2 is 1.81 bits per heavy atom. The van der Waals surface area contributed by atoms with Gasteiger partial charge in [0.1, 0.15) is 5.82 Å². The van der Waals surface area contributed by atoms with E-state index in [1.54, 1.807) is 0 Å². The molecule has 0 bridgehead atoms. The third-order valence-electron chi connectivity index (χ3n) is 6.21. The van der Waals surface area contributed by atoms with Crippen molar-refractivity contribution in [2.75, 3.05) is 31.1 Å².